The fraction of sp³-hybridized carbons (Fsp3) is 0.364. The third-order valence-corrected chi connectivity index (χ3v) is 5.26. The van der Waals surface area contributed by atoms with Gasteiger partial charge in [-0.1, -0.05) is 37.3 Å². The Kier molecular flexibility index (Phi) is 7.61. The molecule has 6 heteroatoms. The van der Waals surface area contributed by atoms with Crippen LogP contribution in [-0.4, -0.2) is 29.8 Å². The van der Waals surface area contributed by atoms with Crippen LogP contribution >= 0.6 is 12.4 Å². The SMILES string of the molecule is Cc1cc(C(=O)N2CCCC2)ccc1NC(=O)C(C)C(N)c1ccccc1.Cl. The lowest BCUT2D eigenvalue weighted by Gasteiger charge is -2.21. The summed E-state index contributed by atoms with van der Waals surface area (Å²) in [7, 11) is 0. The number of amides is 2. The van der Waals surface area contributed by atoms with E-state index in [9.17, 15) is 9.59 Å². The summed E-state index contributed by atoms with van der Waals surface area (Å²) < 4.78 is 0. The quantitative estimate of drug-likeness (QED) is 0.797. The lowest BCUT2D eigenvalue weighted by Crippen LogP contribution is -2.31. The summed E-state index contributed by atoms with van der Waals surface area (Å²) in [6.45, 7) is 5.38. The molecule has 1 fully saturated rings. The van der Waals surface area contributed by atoms with Gasteiger partial charge in [-0.2, -0.15) is 0 Å². The minimum atomic E-state index is -0.377. The molecule has 5 nitrogen and oxygen atoms in total. The van der Waals surface area contributed by atoms with Crippen molar-refractivity contribution in [2.75, 3.05) is 18.4 Å². The zero-order chi connectivity index (χ0) is 19.4. The van der Waals surface area contributed by atoms with E-state index in [1.807, 2.05) is 55.1 Å². The second kappa shape index (κ2) is 9.71. The summed E-state index contributed by atoms with van der Waals surface area (Å²) in [6, 6.07) is 14.7. The molecule has 3 rings (SSSR count). The van der Waals surface area contributed by atoms with Crippen LogP contribution in [0.4, 0.5) is 5.69 Å². The van der Waals surface area contributed by atoms with Crippen molar-refractivity contribution in [3.05, 3.63) is 65.2 Å². The minimum absolute atomic E-state index is 0. The number of aryl methyl sites for hydroxylation is 1. The molecule has 1 saturated heterocycles. The van der Waals surface area contributed by atoms with Gasteiger partial charge in [-0.25, -0.2) is 0 Å². The van der Waals surface area contributed by atoms with E-state index in [4.69, 9.17) is 5.73 Å². The number of benzene rings is 2. The summed E-state index contributed by atoms with van der Waals surface area (Å²) in [5.74, 6) is -0.446. The maximum atomic E-state index is 12.6. The molecule has 2 aromatic carbocycles. The van der Waals surface area contributed by atoms with Gasteiger partial charge in [-0.05, 0) is 49.1 Å². The van der Waals surface area contributed by atoms with Crippen molar-refractivity contribution < 1.29 is 9.59 Å². The minimum Gasteiger partial charge on any atom is -0.339 e. The number of nitrogens with zero attached hydrogens (tertiary/aromatic N) is 1. The Morgan fingerprint density at radius 1 is 1.07 bits per heavy atom. The Morgan fingerprint density at radius 3 is 2.32 bits per heavy atom. The highest BCUT2D eigenvalue weighted by atomic mass is 35.5. The molecular formula is C22H28ClN3O2. The van der Waals surface area contributed by atoms with Gasteiger partial charge in [0.15, 0.2) is 0 Å². The zero-order valence-electron chi connectivity index (χ0n) is 16.4. The van der Waals surface area contributed by atoms with Crippen LogP contribution in [0.15, 0.2) is 48.5 Å². The molecular weight excluding hydrogens is 374 g/mol. The molecule has 1 aliphatic heterocycles. The number of rotatable bonds is 5. The van der Waals surface area contributed by atoms with Gasteiger partial charge in [0, 0.05) is 30.4 Å². The first-order valence-corrected chi connectivity index (χ1v) is 9.48. The molecule has 0 saturated carbocycles. The summed E-state index contributed by atoms with van der Waals surface area (Å²) in [5.41, 5.74) is 9.44. The first kappa shape index (κ1) is 21.9. The molecule has 3 N–H and O–H groups in total. The van der Waals surface area contributed by atoms with Gasteiger partial charge >= 0.3 is 0 Å². The van der Waals surface area contributed by atoms with Crippen molar-refractivity contribution in [1.82, 2.24) is 4.90 Å². The van der Waals surface area contributed by atoms with Crippen LogP contribution in [0, 0.1) is 12.8 Å². The maximum Gasteiger partial charge on any atom is 0.253 e. The topological polar surface area (TPSA) is 75.4 Å². The van der Waals surface area contributed by atoms with E-state index in [1.54, 1.807) is 12.1 Å². The van der Waals surface area contributed by atoms with E-state index in [2.05, 4.69) is 5.32 Å². The summed E-state index contributed by atoms with van der Waals surface area (Å²) in [6.07, 6.45) is 2.14. The molecule has 0 aliphatic carbocycles. The smallest absolute Gasteiger partial charge is 0.253 e. The second-order valence-corrected chi connectivity index (χ2v) is 7.24. The molecule has 2 amide bonds. The molecule has 2 unspecified atom stereocenters. The number of halogens is 1. The molecule has 0 aromatic heterocycles. The fourth-order valence-corrected chi connectivity index (χ4v) is 3.41. The number of carbonyl (C=O) groups excluding carboxylic acids is 2. The van der Waals surface area contributed by atoms with Crippen LogP contribution in [0.3, 0.4) is 0 Å². The van der Waals surface area contributed by atoms with Crippen LogP contribution in [0.5, 0.6) is 0 Å². The van der Waals surface area contributed by atoms with Crippen molar-refractivity contribution in [2.24, 2.45) is 11.7 Å². The van der Waals surface area contributed by atoms with E-state index in [0.29, 0.717) is 11.3 Å². The Labute approximate surface area is 172 Å². The standard InChI is InChI=1S/C22H27N3O2.ClH/c1-15-14-18(22(27)25-12-6-7-13-25)10-11-19(15)24-21(26)16(2)20(23)17-8-4-3-5-9-17;/h3-5,8-11,14,16,20H,6-7,12-13,23H2,1-2H3,(H,24,26);1H. The van der Waals surface area contributed by atoms with Crippen LogP contribution < -0.4 is 11.1 Å². The second-order valence-electron chi connectivity index (χ2n) is 7.24. The van der Waals surface area contributed by atoms with Gasteiger partial charge in [0.1, 0.15) is 0 Å². The van der Waals surface area contributed by atoms with Gasteiger partial charge in [0.05, 0.1) is 5.92 Å². The van der Waals surface area contributed by atoms with Crippen molar-refractivity contribution in [3.63, 3.8) is 0 Å². The first-order chi connectivity index (χ1) is 13.0. The van der Waals surface area contributed by atoms with Crippen LogP contribution in [0.1, 0.15) is 47.3 Å². The van der Waals surface area contributed by atoms with E-state index in [-0.39, 0.29) is 36.2 Å². The molecule has 0 spiro atoms. The number of hydrogen-bond donors (Lipinski definition) is 2. The Hall–Kier alpha value is -2.37. The average molecular weight is 402 g/mol. The highest BCUT2D eigenvalue weighted by Gasteiger charge is 2.23. The Morgan fingerprint density at radius 2 is 1.71 bits per heavy atom. The molecule has 2 aromatic rings. The van der Waals surface area contributed by atoms with E-state index < -0.39 is 0 Å². The molecule has 0 radical (unpaired) electrons. The van der Waals surface area contributed by atoms with Crippen molar-refractivity contribution in [1.29, 1.82) is 0 Å². The number of carbonyl (C=O) groups is 2. The van der Waals surface area contributed by atoms with E-state index >= 15 is 0 Å². The third-order valence-electron chi connectivity index (χ3n) is 5.26. The summed E-state index contributed by atoms with van der Waals surface area (Å²) in [5, 5.41) is 2.95. The van der Waals surface area contributed by atoms with E-state index in [0.717, 1.165) is 37.1 Å². The highest BCUT2D eigenvalue weighted by molar-refractivity contribution is 5.97. The van der Waals surface area contributed by atoms with E-state index in [1.165, 1.54) is 0 Å². The normalized spacial score (nSPS) is 15.5. The number of anilines is 1. The lowest BCUT2D eigenvalue weighted by atomic mass is 9.94. The van der Waals surface area contributed by atoms with Gasteiger partial charge < -0.3 is 16.0 Å². The monoisotopic (exact) mass is 401 g/mol. The van der Waals surface area contributed by atoms with Crippen LogP contribution in [0.2, 0.25) is 0 Å². The highest BCUT2D eigenvalue weighted by Crippen LogP contribution is 2.23. The van der Waals surface area contributed by atoms with Gasteiger partial charge in [-0.15, -0.1) is 12.4 Å². The predicted molar refractivity (Wildman–Crippen MR) is 115 cm³/mol. The lowest BCUT2D eigenvalue weighted by molar-refractivity contribution is -0.120. The van der Waals surface area contributed by atoms with Gasteiger partial charge in [-0.3, -0.25) is 9.59 Å². The summed E-state index contributed by atoms with van der Waals surface area (Å²) in [4.78, 5) is 27.0. The van der Waals surface area contributed by atoms with Crippen LogP contribution in [0.25, 0.3) is 0 Å². The number of likely N-dealkylation sites (tertiary alicyclic amines) is 1. The Balaban J connectivity index is 0.00000280. The first-order valence-electron chi connectivity index (χ1n) is 9.48. The molecule has 28 heavy (non-hydrogen) atoms. The Bertz CT molecular complexity index is 820. The van der Waals surface area contributed by atoms with Crippen LogP contribution in [-0.2, 0) is 4.79 Å². The summed E-state index contributed by atoms with van der Waals surface area (Å²) >= 11 is 0. The zero-order valence-corrected chi connectivity index (χ0v) is 17.2. The fourth-order valence-electron chi connectivity index (χ4n) is 3.41. The predicted octanol–water partition coefficient (Wildman–Crippen LogP) is 3.93. The third kappa shape index (κ3) is 4.91. The maximum absolute atomic E-state index is 12.6. The van der Waals surface area contributed by atoms with Gasteiger partial charge in [0.2, 0.25) is 5.91 Å². The molecule has 150 valence electrons. The molecule has 1 aliphatic rings. The van der Waals surface area contributed by atoms with Crippen molar-refractivity contribution in [3.8, 4) is 0 Å². The average Bonchev–Trinajstić information content (AvgIpc) is 3.23. The van der Waals surface area contributed by atoms with Crippen molar-refractivity contribution >= 4 is 29.9 Å². The van der Waals surface area contributed by atoms with Gasteiger partial charge in [0.25, 0.3) is 5.91 Å². The molecule has 1 heterocycles. The number of nitrogens with one attached hydrogen (secondary N) is 1. The number of hydrogen-bond acceptors (Lipinski definition) is 3. The molecule has 0 bridgehead atoms. The molecule has 2 atom stereocenters. The largest absolute Gasteiger partial charge is 0.339 e. The number of nitrogens with two attached hydrogens (primary N) is 1. The van der Waals surface area contributed by atoms with Crippen molar-refractivity contribution in [2.45, 2.75) is 32.7 Å².